The Hall–Kier alpha value is -1.42. The molecule has 110 valence electrons. The van der Waals surface area contributed by atoms with Crippen molar-refractivity contribution in [1.82, 2.24) is 10.3 Å². The van der Waals surface area contributed by atoms with E-state index in [2.05, 4.69) is 17.2 Å². The smallest absolute Gasteiger partial charge is 0.227 e. The number of amides is 1. The number of carbonyl (C=O) groups is 1. The van der Waals surface area contributed by atoms with Gasteiger partial charge in [-0.25, -0.2) is 0 Å². The lowest BCUT2D eigenvalue weighted by atomic mass is 9.70. The zero-order valence-electron chi connectivity index (χ0n) is 12.4. The van der Waals surface area contributed by atoms with E-state index < -0.39 is 0 Å². The first-order valence-corrected chi connectivity index (χ1v) is 7.48. The van der Waals surface area contributed by atoms with Crippen LogP contribution in [-0.4, -0.2) is 17.4 Å². The molecule has 1 aromatic heterocycles. The number of nitrogens with zero attached hydrogens (tertiary/aromatic N) is 1. The molecule has 2 rings (SSSR count). The highest BCUT2D eigenvalue weighted by Crippen LogP contribution is 2.38. The number of rotatable bonds is 4. The van der Waals surface area contributed by atoms with Crippen molar-refractivity contribution in [2.45, 2.75) is 45.6 Å². The number of carbonyl (C=O) groups excluding carboxylic acids is 1. The Morgan fingerprint density at radius 2 is 2.05 bits per heavy atom. The van der Waals surface area contributed by atoms with Crippen LogP contribution in [0, 0.1) is 11.3 Å². The second-order valence-electron chi connectivity index (χ2n) is 6.14. The number of aromatic nitrogens is 1. The van der Waals surface area contributed by atoms with Gasteiger partial charge in [-0.15, -0.1) is 0 Å². The summed E-state index contributed by atoms with van der Waals surface area (Å²) in [6, 6.07) is 3.86. The van der Waals surface area contributed by atoms with Gasteiger partial charge >= 0.3 is 0 Å². The molecule has 0 aliphatic heterocycles. The number of nitrogens with one attached hydrogen (secondary N) is 1. The van der Waals surface area contributed by atoms with E-state index in [-0.39, 0.29) is 17.4 Å². The molecule has 1 aliphatic carbocycles. The Morgan fingerprint density at radius 3 is 2.60 bits per heavy atom. The Labute approximate surface area is 121 Å². The molecule has 1 saturated carbocycles. The molecule has 1 amide bonds. The maximum Gasteiger partial charge on any atom is 0.227 e. The molecule has 1 heterocycles. The highest BCUT2D eigenvalue weighted by molar-refractivity contribution is 5.83. The summed E-state index contributed by atoms with van der Waals surface area (Å²) in [7, 11) is 0. The standard InChI is InChI=1S/C16H25N3O/c1-12-3-7-16(11-17,8-4-12)15(20)19-13(2)14-5-9-18-10-6-14/h5-6,9-10,12-13H,3-4,7-8,11,17H2,1-2H3,(H,19,20)/t12?,13-,16?/m0/s1. The van der Waals surface area contributed by atoms with Crippen LogP contribution in [0.3, 0.4) is 0 Å². The third kappa shape index (κ3) is 3.18. The van der Waals surface area contributed by atoms with Gasteiger partial charge in [0.15, 0.2) is 0 Å². The molecule has 0 spiro atoms. The van der Waals surface area contributed by atoms with E-state index >= 15 is 0 Å². The van der Waals surface area contributed by atoms with Gasteiger partial charge in [-0.1, -0.05) is 6.92 Å². The topological polar surface area (TPSA) is 68.0 Å². The lowest BCUT2D eigenvalue weighted by molar-refractivity contribution is -0.133. The minimum absolute atomic E-state index is 0.00623. The number of hydrogen-bond donors (Lipinski definition) is 2. The number of hydrogen-bond acceptors (Lipinski definition) is 3. The van der Waals surface area contributed by atoms with Crippen molar-refractivity contribution in [3.8, 4) is 0 Å². The Bertz CT molecular complexity index is 438. The van der Waals surface area contributed by atoms with Crippen molar-refractivity contribution < 1.29 is 4.79 Å². The van der Waals surface area contributed by atoms with Crippen LogP contribution in [0.2, 0.25) is 0 Å². The fourth-order valence-electron chi connectivity index (χ4n) is 2.92. The van der Waals surface area contributed by atoms with Crippen LogP contribution in [0.1, 0.15) is 51.1 Å². The summed E-state index contributed by atoms with van der Waals surface area (Å²) in [4.78, 5) is 16.6. The maximum atomic E-state index is 12.6. The van der Waals surface area contributed by atoms with Crippen molar-refractivity contribution in [2.24, 2.45) is 17.1 Å². The summed E-state index contributed by atoms with van der Waals surface area (Å²) >= 11 is 0. The Balaban J connectivity index is 2.03. The zero-order chi connectivity index (χ0) is 14.6. The highest BCUT2D eigenvalue weighted by Gasteiger charge is 2.40. The van der Waals surface area contributed by atoms with Crippen LogP contribution in [0.15, 0.2) is 24.5 Å². The van der Waals surface area contributed by atoms with Crippen molar-refractivity contribution in [3.05, 3.63) is 30.1 Å². The van der Waals surface area contributed by atoms with Crippen LogP contribution in [0.5, 0.6) is 0 Å². The van der Waals surface area contributed by atoms with Crippen LogP contribution in [0.4, 0.5) is 0 Å². The molecule has 1 aliphatic rings. The second-order valence-corrected chi connectivity index (χ2v) is 6.14. The van der Waals surface area contributed by atoms with E-state index in [0.29, 0.717) is 12.5 Å². The predicted molar refractivity (Wildman–Crippen MR) is 79.9 cm³/mol. The first kappa shape index (κ1) is 15.0. The number of nitrogens with two attached hydrogens (primary N) is 1. The molecule has 0 unspecified atom stereocenters. The first-order valence-electron chi connectivity index (χ1n) is 7.48. The molecule has 0 bridgehead atoms. The SMILES string of the molecule is CC1CCC(CN)(C(=O)N[C@@H](C)c2ccncc2)CC1. The van der Waals surface area contributed by atoms with Crippen LogP contribution < -0.4 is 11.1 Å². The van der Waals surface area contributed by atoms with E-state index in [1.54, 1.807) is 12.4 Å². The molecule has 1 fully saturated rings. The van der Waals surface area contributed by atoms with Crippen LogP contribution in [0.25, 0.3) is 0 Å². The first-order chi connectivity index (χ1) is 9.57. The largest absolute Gasteiger partial charge is 0.349 e. The molecule has 0 radical (unpaired) electrons. The summed E-state index contributed by atoms with van der Waals surface area (Å²) < 4.78 is 0. The van der Waals surface area contributed by atoms with Gasteiger partial charge in [0.05, 0.1) is 11.5 Å². The zero-order valence-corrected chi connectivity index (χ0v) is 12.4. The molecule has 1 atom stereocenters. The predicted octanol–water partition coefficient (Wildman–Crippen LogP) is 2.41. The van der Waals surface area contributed by atoms with Gasteiger partial charge in [0.1, 0.15) is 0 Å². The second kappa shape index (κ2) is 6.35. The maximum absolute atomic E-state index is 12.6. The van der Waals surface area contributed by atoms with Crippen molar-refractivity contribution in [1.29, 1.82) is 0 Å². The minimum atomic E-state index is -0.367. The van der Waals surface area contributed by atoms with Crippen LogP contribution in [-0.2, 0) is 4.79 Å². The lowest BCUT2D eigenvalue weighted by Gasteiger charge is -2.37. The van der Waals surface area contributed by atoms with Crippen molar-refractivity contribution >= 4 is 5.91 Å². The van der Waals surface area contributed by atoms with Gasteiger partial charge < -0.3 is 11.1 Å². The van der Waals surface area contributed by atoms with Crippen LogP contribution >= 0.6 is 0 Å². The van der Waals surface area contributed by atoms with Crippen molar-refractivity contribution in [2.75, 3.05) is 6.54 Å². The molecule has 0 saturated heterocycles. The quantitative estimate of drug-likeness (QED) is 0.886. The summed E-state index contributed by atoms with van der Waals surface area (Å²) in [6.45, 7) is 4.69. The lowest BCUT2D eigenvalue weighted by Crippen LogP contribution is -2.48. The van der Waals surface area contributed by atoms with Crippen molar-refractivity contribution in [3.63, 3.8) is 0 Å². The van der Waals surface area contributed by atoms with E-state index in [9.17, 15) is 4.79 Å². The van der Waals surface area contributed by atoms with Gasteiger partial charge in [-0.3, -0.25) is 9.78 Å². The Morgan fingerprint density at radius 1 is 1.45 bits per heavy atom. The third-order valence-electron chi connectivity index (χ3n) is 4.66. The van der Waals surface area contributed by atoms with Gasteiger partial charge in [-0.2, -0.15) is 0 Å². The average Bonchev–Trinajstić information content (AvgIpc) is 2.49. The van der Waals surface area contributed by atoms with E-state index in [1.807, 2.05) is 19.1 Å². The molecule has 3 N–H and O–H groups in total. The fourth-order valence-corrected chi connectivity index (χ4v) is 2.92. The highest BCUT2D eigenvalue weighted by atomic mass is 16.2. The third-order valence-corrected chi connectivity index (χ3v) is 4.66. The van der Waals surface area contributed by atoms with E-state index in [1.165, 1.54) is 0 Å². The molecular formula is C16H25N3O. The summed E-state index contributed by atoms with van der Waals surface area (Å²) in [6.07, 6.45) is 7.49. The molecule has 20 heavy (non-hydrogen) atoms. The molecule has 4 heteroatoms. The molecule has 0 aromatic carbocycles. The fraction of sp³-hybridized carbons (Fsp3) is 0.625. The average molecular weight is 275 g/mol. The Kier molecular flexibility index (Phi) is 4.76. The minimum Gasteiger partial charge on any atom is -0.349 e. The molecule has 4 nitrogen and oxygen atoms in total. The van der Waals surface area contributed by atoms with Gasteiger partial charge in [-0.05, 0) is 56.2 Å². The normalized spacial score (nSPS) is 27.9. The van der Waals surface area contributed by atoms with E-state index in [0.717, 1.165) is 31.2 Å². The summed E-state index contributed by atoms with van der Waals surface area (Å²) in [5.74, 6) is 0.816. The summed E-state index contributed by atoms with van der Waals surface area (Å²) in [5.41, 5.74) is 6.63. The number of pyridine rings is 1. The van der Waals surface area contributed by atoms with E-state index in [4.69, 9.17) is 5.73 Å². The molecular weight excluding hydrogens is 250 g/mol. The monoisotopic (exact) mass is 275 g/mol. The van der Waals surface area contributed by atoms with Gasteiger partial charge in [0, 0.05) is 18.9 Å². The van der Waals surface area contributed by atoms with Gasteiger partial charge in [0.25, 0.3) is 0 Å². The summed E-state index contributed by atoms with van der Waals surface area (Å²) in [5, 5.41) is 3.13. The van der Waals surface area contributed by atoms with Gasteiger partial charge in [0.2, 0.25) is 5.91 Å². The molecule has 1 aromatic rings.